The van der Waals surface area contributed by atoms with E-state index in [-0.39, 0.29) is 24.1 Å². The Morgan fingerprint density at radius 3 is 1.81 bits per heavy atom. The second kappa shape index (κ2) is 18.1. The average molecular weight is 662 g/mol. The van der Waals surface area contributed by atoms with E-state index >= 15 is 0 Å². The van der Waals surface area contributed by atoms with Gasteiger partial charge in [-0.15, -0.1) is 0 Å². The summed E-state index contributed by atoms with van der Waals surface area (Å²) in [7, 11) is 2.89. The number of aryl methyl sites for hydroxylation is 1. The van der Waals surface area contributed by atoms with E-state index in [1.54, 1.807) is 54.6 Å². The molecule has 0 fully saturated rings. The highest BCUT2D eigenvalue weighted by atomic mass is 16.6. The molecule has 0 radical (unpaired) electrons. The molecule has 0 atom stereocenters. The maximum atomic E-state index is 13.2. The van der Waals surface area contributed by atoms with Crippen LogP contribution in [0.15, 0.2) is 76.4 Å². The molecule has 0 aliphatic heterocycles. The topological polar surface area (TPSA) is 119 Å². The Hall–Kier alpha value is -4.64. The molecule has 4 aromatic rings. The molecule has 0 saturated carbocycles. The molecule has 11 heteroatoms. The number of aromatic nitrogens is 3. The third-order valence-electron chi connectivity index (χ3n) is 8.46. The molecule has 0 unspecified atom stereocenters. The fraction of sp³-hybridized carbons (Fsp3) is 0.459. The molecule has 0 aliphatic carbocycles. The third-order valence-corrected chi connectivity index (χ3v) is 8.46. The molecule has 2 aromatic carbocycles. The first kappa shape index (κ1) is 37.8. The highest BCUT2D eigenvalue weighted by Gasteiger charge is 2.26. The Labute approximate surface area is 283 Å². The van der Waals surface area contributed by atoms with Crippen LogP contribution >= 0.6 is 0 Å². The molecule has 11 nitrogen and oxygen atoms in total. The lowest BCUT2D eigenvalue weighted by atomic mass is 10.1. The van der Waals surface area contributed by atoms with Crippen LogP contribution in [0, 0.1) is 0 Å². The summed E-state index contributed by atoms with van der Waals surface area (Å²) in [6.45, 7) is 14.5. The Morgan fingerprint density at radius 1 is 0.792 bits per heavy atom. The molecule has 48 heavy (non-hydrogen) atoms. The van der Waals surface area contributed by atoms with Crippen LogP contribution in [0.4, 0.5) is 4.79 Å². The molecule has 4 rings (SSSR count). The van der Waals surface area contributed by atoms with Gasteiger partial charge in [0.05, 0.1) is 55.5 Å². The van der Waals surface area contributed by atoms with Crippen molar-refractivity contribution < 1.29 is 23.9 Å². The number of aliphatic carboxylic acids is 1. The first-order valence-electron chi connectivity index (χ1n) is 16.9. The van der Waals surface area contributed by atoms with Crippen LogP contribution in [0.3, 0.4) is 0 Å². The highest BCUT2D eigenvalue weighted by Crippen LogP contribution is 2.28. The lowest BCUT2D eigenvalue weighted by Crippen LogP contribution is -2.50. The van der Waals surface area contributed by atoms with Crippen LogP contribution < -0.4 is 21.4 Å². The van der Waals surface area contributed by atoms with Crippen LogP contribution in [0.1, 0.15) is 65.4 Å². The lowest BCUT2D eigenvalue weighted by molar-refractivity contribution is -0.928. The second-order valence-electron chi connectivity index (χ2n) is 12.2. The van der Waals surface area contributed by atoms with E-state index in [1.165, 1.54) is 85.9 Å². The van der Waals surface area contributed by atoms with Gasteiger partial charge in [-0.2, -0.15) is 0 Å². The van der Waals surface area contributed by atoms with E-state index in [1.807, 2.05) is 6.07 Å². The Morgan fingerprint density at radius 2 is 1.31 bits per heavy atom. The van der Waals surface area contributed by atoms with Gasteiger partial charge in [0, 0.05) is 32.0 Å². The predicted molar refractivity (Wildman–Crippen MR) is 188 cm³/mol. The summed E-state index contributed by atoms with van der Waals surface area (Å²) in [5, 5.41) is 12.6. The largest absolute Gasteiger partial charge is 0.550 e. The quantitative estimate of drug-likeness (QED) is 0.172. The van der Waals surface area contributed by atoms with Crippen molar-refractivity contribution >= 4 is 23.0 Å². The maximum absolute atomic E-state index is 13.2. The van der Waals surface area contributed by atoms with E-state index in [9.17, 15) is 24.3 Å². The Bertz CT molecular complexity index is 1710. The van der Waals surface area contributed by atoms with Crippen LogP contribution in [0.2, 0.25) is 0 Å². The number of hydrogen-bond acceptors (Lipinski definition) is 6. The van der Waals surface area contributed by atoms with Crippen molar-refractivity contribution in [3.63, 3.8) is 0 Å². The second-order valence-corrected chi connectivity index (χ2v) is 12.2. The SMILES string of the molecule is CCC[N+](CCC)(CCC)CCC.Cn1c(=O)c2c(-c3ccccc3)n(N(CCC(=O)[O-])C(=O)OCc3ccccc3)cc2n(C)c1=O. The first-order chi connectivity index (χ1) is 23.0. The van der Waals surface area contributed by atoms with Gasteiger partial charge in [-0.25, -0.2) is 14.6 Å². The molecule has 1 amide bonds. The number of nitrogens with zero attached hydrogens (tertiary/aromatic N) is 5. The number of carbonyl (C=O) groups is 2. The zero-order valence-corrected chi connectivity index (χ0v) is 29.3. The van der Waals surface area contributed by atoms with Crippen molar-refractivity contribution in [2.45, 2.75) is 66.4 Å². The molecule has 2 heterocycles. The van der Waals surface area contributed by atoms with Crippen molar-refractivity contribution in [1.82, 2.24) is 13.8 Å². The highest BCUT2D eigenvalue weighted by molar-refractivity contribution is 5.95. The van der Waals surface area contributed by atoms with Crippen molar-refractivity contribution in [2.24, 2.45) is 14.1 Å². The molecule has 0 N–H and O–H groups in total. The van der Waals surface area contributed by atoms with Crippen LogP contribution in [0.5, 0.6) is 0 Å². The summed E-state index contributed by atoms with van der Waals surface area (Å²) < 4.78 is 10.5. The Balaban J connectivity index is 0.000000408. The Kier molecular flexibility index (Phi) is 14.2. The molecular formula is C37H51N5O6. The van der Waals surface area contributed by atoms with Gasteiger partial charge in [0.2, 0.25) is 0 Å². The van der Waals surface area contributed by atoms with E-state index in [2.05, 4.69) is 27.7 Å². The summed E-state index contributed by atoms with van der Waals surface area (Å²) >= 11 is 0. The number of benzene rings is 2. The van der Waals surface area contributed by atoms with E-state index in [4.69, 9.17) is 4.74 Å². The molecule has 0 saturated heterocycles. The third kappa shape index (κ3) is 9.25. The molecule has 0 aliphatic rings. The molecular weight excluding hydrogens is 610 g/mol. The normalized spacial score (nSPS) is 11.2. The van der Waals surface area contributed by atoms with Crippen molar-refractivity contribution in [2.75, 3.05) is 37.7 Å². The predicted octanol–water partition coefficient (Wildman–Crippen LogP) is 4.56. The summed E-state index contributed by atoms with van der Waals surface area (Å²) in [6.07, 6.45) is 5.49. The van der Waals surface area contributed by atoms with Gasteiger partial charge in [0.25, 0.3) is 5.56 Å². The van der Waals surface area contributed by atoms with Crippen LogP contribution in [-0.2, 0) is 30.2 Å². The number of carboxylic acids is 1. The zero-order chi connectivity index (χ0) is 35.3. The number of amides is 1. The maximum Gasteiger partial charge on any atom is 0.429 e. The number of carboxylic acid groups (broad SMARTS) is 1. The van der Waals surface area contributed by atoms with E-state index in [0.29, 0.717) is 11.3 Å². The fourth-order valence-corrected chi connectivity index (χ4v) is 6.44. The molecule has 260 valence electrons. The zero-order valence-electron chi connectivity index (χ0n) is 29.3. The number of ether oxygens (including phenoxy) is 1. The number of quaternary nitrogens is 1. The van der Waals surface area contributed by atoms with E-state index < -0.39 is 29.7 Å². The molecule has 0 spiro atoms. The number of carbonyl (C=O) groups excluding carboxylic acids is 2. The minimum Gasteiger partial charge on any atom is -0.550 e. The summed E-state index contributed by atoms with van der Waals surface area (Å²) in [4.78, 5) is 50.2. The summed E-state index contributed by atoms with van der Waals surface area (Å²) in [5.41, 5.74) is 0.869. The van der Waals surface area contributed by atoms with Crippen molar-refractivity contribution in [3.8, 4) is 11.3 Å². The standard InChI is InChI=1S/C25H24N4O6.C12H28N/c1-26-19-15-29(22(18-11-7-4-8-12-18)21(19)23(32)27(2)24(26)33)28(14-13-20(30)31)25(34)35-16-17-9-5-3-6-10-17;1-5-9-13(10-6-2,11-7-3)12-8-4/h3-12,15H,13-14,16H2,1-2H3,(H,30,31);5-12H2,1-4H3/q;+1/p-1. The monoisotopic (exact) mass is 661 g/mol. The van der Waals surface area contributed by atoms with Gasteiger partial charge in [0.15, 0.2) is 0 Å². The van der Waals surface area contributed by atoms with Gasteiger partial charge in [-0.1, -0.05) is 88.4 Å². The molecule has 2 aromatic heterocycles. The summed E-state index contributed by atoms with van der Waals surface area (Å²) in [5.74, 6) is -1.35. The minimum absolute atomic E-state index is 0.0385. The van der Waals surface area contributed by atoms with Crippen LogP contribution in [-0.4, -0.2) is 63.1 Å². The smallest absolute Gasteiger partial charge is 0.429 e. The van der Waals surface area contributed by atoms with Gasteiger partial charge in [-0.3, -0.25) is 18.6 Å². The van der Waals surface area contributed by atoms with Crippen molar-refractivity contribution in [1.29, 1.82) is 0 Å². The van der Waals surface area contributed by atoms with E-state index in [0.717, 1.165) is 15.1 Å². The fourth-order valence-electron chi connectivity index (χ4n) is 6.44. The van der Waals surface area contributed by atoms with Gasteiger partial charge >= 0.3 is 11.8 Å². The minimum atomic E-state index is -1.35. The van der Waals surface area contributed by atoms with Gasteiger partial charge in [0.1, 0.15) is 6.61 Å². The first-order valence-corrected chi connectivity index (χ1v) is 16.9. The average Bonchev–Trinajstić information content (AvgIpc) is 3.47. The lowest BCUT2D eigenvalue weighted by Gasteiger charge is -2.38. The van der Waals surface area contributed by atoms with Crippen molar-refractivity contribution in [3.05, 3.63) is 93.3 Å². The number of rotatable bonds is 15. The van der Waals surface area contributed by atoms with Gasteiger partial charge in [-0.05, 0) is 31.2 Å². The summed E-state index contributed by atoms with van der Waals surface area (Å²) in [6, 6.07) is 17.9. The number of fused-ring (bicyclic) bond motifs is 1. The van der Waals surface area contributed by atoms with Gasteiger partial charge < -0.3 is 19.1 Å². The van der Waals surface area contributed by atoms with Crippen LogP contribution in [0.25, 0.3) is 22.2 Å². The molecule has 0 bridgehead atoms. The number of hydrogen-bond donors (Lipinski definition) is 0.